The maximum absolute atomic E-state index is 14.1. The van der Waals surface area contributed by atoms with Gasteiger partial charge in [0.05, 0.1) is 12.2 Å². The zero-order chi connectivity index (χ0) is 21.8. The minimum Gasteiger partial charge on any atom is -0.465 e. The number of fused-ring (bicyclic) bond motifs is 1. The highest BCUT2D eigenvalue weighted by Gasteiger charge is 2.26. The van der Waals surface area contributed by atoms with E-state index in [0.717, 1.165) is 24.6 Å². The van der Waals surface area contributed by atoms with E-state index in [9.17, 15) is 23.2 Å². The molecule has 0 aliphatic heterocycles. The molecule has 0 unspecified atom stereocenters. The summed E-state index contributed by atoms with van der Waals surface area (Å²) in [6.45, 7) is 3.10. The molecular formula is C23H25F2NO4. The van der Waals surface area contributed by atoms with Crippen LogP contribution < -0.4 is 5.43 Å². The number of nitrogens with zero attached hydrogens (tertiary/aromatic N) is 1. The van der Waals surface area contributed by atoms with Crippen molar-refractivity contribution >= 4 is 11.8 Å². The highest BCUT2D eigenvalue weighted by Crippen LogP contribution is 2.24. The van der Waals surface area contributed by atoms with Gasteiger partial charge in [-0.1, -0.05) is 12.1 Å². The molecule has 5 nitrogen and oxygen atoms in total. The van der Waals surface area contributed by atoms with Crippen molar-refractivity contribution in [2.45, 2.75) is 58.9 Å². The number of benzene rings is 1. The lowest BCUT2D eigenvalue weighted by Gasteiger charge is -2.26. The molecular weight excluding hydrogens is 392 g/mol. The number of hydrogen-bond donors (Lipinski definition) is 0. The van der Waals surface area contributed by atoms with Crippen LogP contribution >= 0.6 is 0 Å². The molecule has 0 saturated heterocycles. The normalized spacial score (nSPS) is 13.1. The van der Waals surface area contributed by atoms with Crippen LogP contribution in [0.25, 0.3) is 0 Å². The molecule has 0 fully saturated rings. The summed E-state index contributed by atoms with van der Waals surface area (Å²) in [5, 5.41) is 0. The molecule has 0 saturated carbocycles. The Hall–Kier alpha value is -2.83. The largest absolute Gasteiger partial charge is 0.465 e. The summed E-state index contributed by atoms with van der Waals surface area (Å²) >= 11 is 0. The first-order chi connectivity index (χ1) is 14.3. The number of ether oxygens (including phenoxy) is 1. The van der Waals surface area contributed by atoms with Crippen LogP contribution in [0.5, 0.6) is 0 Å². The van der Waals surface area contributed by atoms with Gasteiger partial charge in [0.25, 0.3) is 0 Å². The molecule has 3 rings (SSSR count). The van der Waals surface area contributed by atoms with Crippen LogP contribution in [0.1, 0.15) is 59.6 Å². The number of hydrogen-bond acceptors (Lipinski definition) is 4. The van der Waals surface area contributed by atoms with Crippen LogP contribution in [-0.4, -0.2) is 22.9 Å². The van der Waals surface area contributed by atoms with E-state index in [1.807, 2.05) is 0 Å². The fraction of sp³-hybridized carbons (Fsp3) is 0.435. The van der Waals surface area contributed by atoms with E-state index in [1.54, 1.807) is 11.5 Å². The zero-order valence-electron chi connectivity index (χ0n) is 17.2. The average Bonchev–Trinajstić information content (AvgIpc) is 2.71. The highest BCUT2D eigenvalue weighted by atomic mass is 19.2. The number of carbonyl (C=O) groups is 2. The second kappa shape index (κ2) is 9.32. The number of carbonyl (C=O) groups excluding carboxylic acids is 2. The smallest absolute Gasteiger partial charge is 0.325 e. The Morgan fingerprint density at radius 1 is 1.13 bits per heavy atom. The van der Waals surface area contributed by atoms with Gasteiger partial charge in [0.2, 0.25) is 0 Å². The maximum Gasteiger partial charge on any atom is 0.325 e. The molecule has 7 heteroatoms. The maximum atomic E-state index is 14.1. The predicted molar refractivity (Wildman–Crippen MR) is 108 cm³/mol. The van der Waals surface area contributed by atoms with Gasteiger partial charge in [0, 0.05) is 17.0 Å². The zero-order valence-corrected chi connectivity index (χ0v) is 17.2. The Balaban J connectivity index is 2.13. The van der Waals surface area contributed by atoms with Crippen LogP contribution in [0.4, 0.5) is 8.78 Å². The van der Waals surface area contributed by atoms with Crippen molar-refractivity contribution in [2.24, 2.45) is 0 Å². The standard InChI is InChI=1S/C23H25F2NO4/c1-3-30-20(28)13-26-18-10-5-4-8-16(18)23(29)21(14(2)27)19(26)12-11-15-7-6-9-17(24)22(15)25/h6-7,9H,3-5,8,10-13H2,1-2H3. The van der Waals surface area contributed by atoms with E-state index in [-0.39, 0.29) is 42.5 Å². The van der Waals surface area contributed by atoms with Gasteiger partial charge in [-0.15, -0.1) is 0 Å². The fourth-order valence-electron chi connectivity index (χ4n) is 4.16. The molecule has 1 aliphatic carbocycles. The van der Waals surface area contributed by atoms with Gasteiger partial charge in [-0.25, -0.2) is 8.78 Å². The van der Waals surface area contributed by atoms with Crippen molar-refractivity contribution in [3.63, 3.8) is 0 Å². The number of esters is 1. The number of halogens is 2. The quantitative estimate of drug-likeness (QED) is 0.511. The third-order valence-corrected chi connectivity index (χ3v) is 5.49. The lowest BCUT2D eigenvalue weighted by atomic mass is 9.90. The van der Waals surface area contributed by atoms with Crippen LogP contribution in [0.15, 0.2) is 23.0 Å². The molecule has 0 bridgehead atoms. The number of Topliss-reactive ketones (excluding diaryl/α,β-unsaturated/α-hetero) is 1. The molecule has 1 aromatic carbocycles. The second-order valence-electron chi connectivity index (χ2n) is 7.44. The molecule has 0 atom stereocenters. The van der Waals surface area contributed by atoms with Crippen LogP contribution in [0.3, 0.4) is 0 Å². The first-order valence-electron chi connectivity index (χ1n) is 10.2. The van der Waals surface area contributed by atoms with Crippen molar-refractivity contribution in [1.82, 2.24) is 4.57 Å². The number of pyridine rings is 1. The molecule has 1 aromatic heterocycles. The first-order valence-corrected chi connectivity index (χ1v) is 10.2. The Bertz CT molecular complexity index is 1040. The Labute approximate surface area is 173 Å². The molecule has 0 amide bonds. The molecule has 0 radical (unpaired) electrons. The molecule has 1 aliphatic rings. The summed E-state index contributed by atoms with van der Waals surface area (Å²) in [6.07, 6.45) is 3.08. The summed E-state index contributed by atoms with van der Waals surface area (Å²) in [7, 11) is 0. The van der Waals surface area contributed by atoms with Crippen molar-refractivity contribution in [3.8, 4) is 0 Å². The van der Waals surface area contributed by atoms with Crippen molar-refractivity contribution < 1.29 is 23.1 Å². The van der Waals surface area contributed by atoms with Gasteiger partial charge in [-0.3, -0.25) is 14.4 Å². The molecule has 30 heavy (non-hydrogen) atoms. The summed E-state index contributed by atoms with van der Waals surface area (Å²) in [5.41, 5.74) is 1.54. The summed E-state index contributed by atoms with van der Waals surface area (Å²) in [6, 6.07) is 3.92. The Kier molecular flexibility index (Phi) is 6.80. The second-order valence-corrected chi connectivity index (χ2v) is 7.44. The third-order valence-electron chi connectivity index (χ3n) is 5.49. The Morgan fingerprint density at radius 2 is 1.87 bits per heavy atom. The Morgan fingerprint density at radius 3 is 2.57 bits per heavy atom. The SMILES string of the molecule is CCOC(=O)Cn1c2c(c(=O)c(C(C)=O)c1CCc1cccc(F)c1F)CCCC2. The lowest BCUT2D eigenvalue weighted by Crippen LogP contribution is -2.33. The van der Waals surface area contributed by atoms with E-state index >= 15 is 0 Å². The number of aryl methyl sites for hydroxylation is 1. The van der Waals surface area contributed by atoms with E-state index in [1.165, 1.54) is 19.1 Å². The average molecular weight is 417 g/mol. The van der Waals surface area contributed by atoms with E-state index in [4.69, 9.17) is 4.74 Å². The summed E-state index contributed by atoms with van der Waals surface area (Å²) in [4.78, 5) is 37.8. The number of rotatable bonds is 7. The van der Waals surface area contributed by atoms with Gasteiger partial charge in [-0.05, 0) is 64.0 Å². The first kappa shape index (κ1) is 21.9. The number of ketones is 1. The molecule has 160 valence electrons. The predicted octanol–water partition coefficient (Wildman–Crippen LogP) is 3.56. The minimum absolute atomic E-state index is 0.0248. The van der Waals surface area contributed by atoms with E-state index in [2.05, 4.69) is 0 Å². The monoisotopic (exact) mass is 417 g/mol. The van der Waals surface area contributed by atoms with Gasteiger partial charge < -0.3 is 9.30 Å². The number of aromatic nitrogens is 1. The molecule has 0 spiro atoms. The topological polar surface area (TPSA) is 65.4 Å². The van der Waals surface area contributed by atoms with Gasteiger partial charge >= 0.3 is 5.97 Å². The highest BCUT2D eigenvalue weighted by molar-refractivity contribution is 5.95. The van der Waals surface area contributed by atoms with Crippen molar-refractivity contribution in [1.29, 1.82) is 0 Å². The van der Waals surface area contributed by atoms with E-state index in [0.29, 0.717) is 24.1 Å². The fourth-order valence-corrected chi connectivity index (χ4v) is 4.16. The van der Waals surface area contributed by atoms with Crippen molar-refractivity contribution in [2.75, 3.05) is 6.61 Å². The molecule has 1 heterocycles. The van der Waals surface area contributed by atoms with Gasteiger partial charge in [0.15, 0.2) is 22.8 Å². The van der Waals surface area contributed by atoms with Crippen molar-refractivity contribution in [3.05, 3.63) is 68.1 Å². The van der Waals surface area contributed by atoms with Crippen LogP contribution in [0, 0.1) is 11.6 Å². The van der Waals surface area contributed by atoms with Crippen LogP contribution in [0.2, 0.25) is 0 Å². The van der Waals surface area contributed by atoms with Crippen LogP contribution in [-0.2, 0) is 41.8 Å². The molecule has 0 N–H and O–H groups in total. The summed E-state index contributed by atoms with van der Waals surface area (Å²) < 4.78 is 34.5. The third kappa shape index (κ3) is 4.35. The van der Waals surface area contributed by atoms with Gasteiger partial charge in [0.1, 0.15) is 6.54 Å². The minimum atomic E-state index is -0.950. The molecule has 2 aromatic rings. The van der Waals surface area contributed by atoms with E-state index < -0.39 is 23.4 Å². The van der Waals surface area contributed by atoms with Gasteiger partial charge in [-0.2, -0.15) is 0 Å². The summed E-state index contributed by atoms with van der Waals surface area (Å²) in [5.74, 6) is -2.77. The lowest BCUT2D eigenvalue weighted by molar-refractivity contribution is -0.143.